The first-order valence-corrected chi connectivity index (χ1v) is 3.89. The molecular formula is C6H7F6N3. The van der Waals surface area contributed by atoms with E-state index in [1.807, 2.05) is 0 Å². The molecule has 1 unspecified atom stereocenters. The van der Waals surface area contributed by atoms with Crippen LogP contribution in [0.1, 0.15) is 6.92 Å². The van der Waals surface area contributed by atoms with Crippen molar-refractivity contribution in [1.29, 1.82) is 0 Å². The Hall–Kier alpha value is -1.15. The van der Waals surface area contributed by atoms with Crippen LogP contribution in [0.2, 0.25) is 0 Å². The smallest absolute Gasteiger partial charge is 0.245 e. The van der Waals surface area contributed by atoms with Crippen molar-refractivity contribution < 1.29 is 26.3 Å². The summed E-state index contributed by atoms with van der Waals surface area (Å²) in [6.07, 6.45) is -8.30. The van der Waals surface area contributed by atoms with Crippen molar-refractivity contribution in [3.63, 3.8) is 0 Å². The molecule has 0 aromatic rings. The first-order valence-electron chi connectivity index (χ1n) is 3.89. The number of rotatable bonds is 2. The van der Waals surface area contributed by atoms with Gasteiger partial charge in [0.05, 0.1) is 0 Å². The topological polar surface area (TPSA) is 18.8 Å². The van der Waals surface area contributed by atoms with E-state index >= 15 is 0 Å². The molecule has 1 atom stereocenters. The average Bonchev–Trinajstić information content (AvgIpc) is 2.44. The summed E-state index contributed by atoms with van der Waals surface area (Å²) in [7, 11) is 0. The predicted molar refractivity (Wildman–Crippen MR) is 38.6 cm³/mol. The molecule has 0 N–H and O–H groups in total. The fourth-order valence-corrected chi connectivity index (χ4v) is 0.961. The average molecular weight is 235 g/mol. The molecular weight excluding hydrogens is 228 g/mol. The van der Waals surface area contributed by atoms with Crippen molar-refractivity contribution in [3.8, 4) is 0 Å². The summed E-state index contributed by atoms with van der Waals surface area (Å²) < 4.78 is 73.9. The van der Waals surface area contributed by atoms with Crippen LogP contribution in [0.5, 0.6) is 0 Å². The summed E-state index contributed by atoms with van der Waals surface area (Å²) in [5.41, 5.74) is 0. The second kappa shape index (κ2) is 3.46. The maximum absolute atomic E-state index is 13.0. The lowest BCUT2D eigenvalue weighted by Gasteiger charge is -2.30. The van der Waals surface area contributed by atoms with Gasteiger partial charge in [0.1, 0.15) is 6.34 Å². The van der Waals surface area contributed by atoms with Crippen LogP contribution >= 0.6 is 0 Å². The summed E-state index contributed by atoms with van der Waals surface area (Å²) in [4.78, 5) is -0.767. The van der Waals surface area contributed by atoms with Crippen LogP contribution in [0.4, 0.5) is 26.3 Å². The minimum Gasteiger partial charge on any atom is -0.245 e. The van der Waals surface area contributed by atoms with Gasteiger partial charge in [-0.1, -0.05) is 0 Å². The maximum Gasteiger partial charge on any atom is 0.475 e. The van der Waals surface area contributed by atoms with Crippen LogP contribution in [-0.2, 0) is 0 Å². The van der Waals surface area contributed by atoms with Gasteiger partial charge < -0.3 is 0 Å². The van der Waals surface area contributed by atoms with Crippen molar-refractivity contribution in [2.75, 3.05) is 6.54 Å². The van der Waals surface area contributed by atoms with Crippen LogP contribution in [0.25, 0.3) is 0 Å². The van der Waals surface area contributed by atoms with E-state index in [-0.39, 0.29) is 12.9 Å². The van der Waals surface area contributed by atoms with E-state index < -0.39 is 23.5 Å². The summed E-state index contributed by atoms with van der Waals surface area (Å²) in [6, 6.07) is -5.26. The molecule has 15 heavy (non-hydrogen) atoms. The third kappa shape index (κ3) is 1.82. The van der Waals surface area contributed by atoms with Gasteiger partial charge >= 0.3 is 12.2 Å². The van der Waals surface area contributed by atoms with Gasteiger partial charge in [-0.25, -0.2) is 9.91 Å². The highest BCUT2D eigenvalue weighted by atomic mass is 19.4. The van der Waals surface area contributed by atoms with Gasteiger partial charge in [0, 0.05) is 6.54 Å². The van der Waals surface area contributed by atoms with Gasteiger partial charge in [-0.15, -0.1) is 0 Å². The molecule has 1 aliphatic rings. The van der Waals surface area contributed by atoms with Crippen LogP contribution < -0.4 is 0 Å². The van der Waals surface area contributed by atoms with Crippen molar-refractivity contribution in [3.05, 3.63) is 0 Å². The Morgan fingerprint density at radius 1 is 1.27 bits per heavy atom. The van der Waals surface area contributed by atoms with Crippen molar-refractivity contribution in [2.24, 2.45) is 5.10 Å². The molecule has 9 heteroatoms. The molecule has 0 aliphatic carbocycles. The highest BCUT2D eigenvalue weighted by molar-refractivity contribution is 5.57. The van der Waals surface area contributed by atoms with Crippen LogP contribution in [0.3, 0.4) is 0 Å². The van der Waals surface area contributed by atoms with E-state index in [4.69, 9.17) is 0 Å². The van der Waals surface area contributed by atoms with Crippen LogP contribution in [0, 0.1) is 0 Å². The lowest BCUT2D eigenvalue weighted by Crippen LogP contribution is -2.55. The van der Waals surface area contributed by atoms with Crippen molar-refractivity contribution >= 4 is 6.34 Å². The number of nitrogens with zero attached hydrogens (tertiary/aromatic N) is 3. The number of halogens is 6. The molecule has 0 spiro atoms. The predicted octanol–water partition coefficient (Wildman–Crippen LogP) is 1.98. The zero-order chi connectivity index (χ0) is 11.9. The highest BCUT2D eigenvalue weighted by Crippen LogP contribution is 2.40. The van der Waals surface area contributed by atoms with Gasteiger partial charge in [-0.3, -0.25) is 0 Å². The Balaban J connectivity index is 2.88. The van der Waals surface area contributed by atoms with E-state index in [9.17, 15) is 26.3 Å². The number of alkyl halides is 6. The quantitative estimate of drug-likeness (QED) is 0.538. The van der Waals surface area contributed by atoms with Gasteiger partial charge in [0.15, 0.2) is 0 Å². The van der Waals surface area contributed by atoms with E-state index in [2.05, 4.69) is 5.10 Å². The SMILES string of the molecule is CCN1N=CN(C(F)(F)C(F)(F)F)C1F. The molecule has 0 radical (unpaired) electrons. The lowest BCUT2D eigenvalue weighted by molar-refractivity contribution is -0.341. The molecule has 0 saturated carbocycles. The first kappa shape index (κ1) is 11.9. The second-order valence-corrected chi connectivity index (χ2v) is 2.74. The van der Waals surface area contributed by atoms with E-state index in [1.54, 1.807) is 0 Å². The summed E-state index contributed by atoms with van der Waals surface area (Å²) in [5.74, 6) is 0. The van der Waals surface area contributed by atoms with E-state index in [1.165, 1.54) is 6.92 Å². The number of hydrazone groups is 1. The van der Waals surface area contributed by atoms with E-state index in [0.717, 1.165) is 0 Å². The molecule has 1 aliphatic heterocycles. The molecule has 0 bridgehead atoms. The summed E-state index contributed by atoms with van der Waals surface area (Å²) >= 11 is 0. The van der Waals surface area contributed by atoms with Gasteiger partial charge in [0.2, 0.25) is 0 Å². The molecule has 0 fully saturated rings. The molecule has 1 rings (SSSR count). The molecule has 3 nitrogen and oxygen atoms in total. The fourth-order valence-electron chi connectivity index (χ4n) is 0.961. The minimum absolute atomic E-state index is 0.109. The van der Waals surface area contributed by atoms with Crippen molar-refractivity contribution in [2.45, 2.75) is 25.6 Å². The molecule has 0 aromatic carbocycles. The molecule has 0 aromatic heterocycles. The molecule has 1 heterocycles. The lowest BCUT2D eigenvalue weighted by atomic mass is 10.4. The minimum atomic E-state index is -5.84. The summed E-state index contributed by atoms with van der Waals surface area (Å²) in [6.45, 7) is 1.27. The Kier molecular flexibility index (Phi) is 2.75. The molecule has 88 valence electrons. The Morgan fingerprint density at radius 3 is 2.13 bits per heavy atom. The second-order valence-electron chi connectivity index (χ2n) is 2.74. The largest absolute Gasteiger partial charge is 0.475 e. The van der Waals surface area contributed by atoms with Crippen LogP contribution in [-0.4, -0.2) is 41.4 Å². The Morgan fingerprint density at radius 2 is 1.80 bits per heavy atom. The van der Waals surface area contributed by atoms with Gasteiger partial charge in [-0.2, -0.15) is 31.4 Å². The standard InChI is InChI=1S/C6H7F6N3/c1-2-15-4(7)14(3-13-15)6(11,12)5(8,9)10/h3-4H,2H2,1H3. The highest BCUT2D eigenvalue weighted by Gasteiger charge is 2.64. The summed E-state index contributed by atoms with van der Waals surface area (Å²) in [5, 5.41) is 3.55. The third-order valence-electron chi connectivity index (χ3n) is 1.79. The zero-order valence-electron chi connectivity index (χ0n) is 7.47. The number of hydrogen-bond donors (Lipinski definition) is 0. The monoisotopic (exact) mass is 235 g/mol. The third-order valence-corrected chi connectivity index (χ3v) is 1.79. The fraction of sp³-hybridized carbons (Fsp3) is 0.833. The first-order chi connectivity index (χ1) is 6.71. The normalized spacial score (nSPS) is 22.7. The number of hydrogen-bond acceptors (Lipinski definition) is 3. The van der Waals surface area contributed by atoms with Gasteiger partial charge in [0.25, 0.3) is 6.42 Å². The maximum atomic E-state index is 13.0. The van der Waals surface area contributed by atoms with E-state index in [0.29, 0.717) is 5.01 Å². The Bertz CT molecular complexity index is 262. The van der Waals surface area contributed by atoms with Crippen LogP contribution in [0.15, 0.2) is 5.10 Å². The zero-order valence-corrected chi connectivity index (χ0v) is 7.47. The van der Waals surface area contributed by atoms with Crippen molar-refractivity contribution in [1.82, 2.24) is 9.91 Å². The van der Waals surface area contributed by atoms with Gasteiger partial charge in [-0.05, 0) is 6.92 Å². The Labute approximate surface area is 80.9 Å². The molecule has 0 saturated heterocycles. The molecule has 0 amide bonds.